The van der Waals surface area contributed by atoms with Gasteiger partial charge in [0.2, 0.25) is 0 Å². The van der Waals surface area contributed by atoms with E-state index in [1.54, 1.807) is 18.3 Å². The number of nitrogens with one attached hydrogen (secondary N) is 1. The third kappa shape index (κ3) is 2.76. The number of anilines is 1. The summed E-state index contributed by atoms with van der Waals surface area (Å²) in [6.07, 6.45) is -3.18. The molecule has 3 aromatic rings. The van der Waals surface area contributed by atoms with Crippen molar-refractivity contribution in [1.29, 1.82) is 0 Å². The number of hydrogen-bond acceptors (Lipinski definition) is 4. The second kappa shape index (κ2) is 5.80. The van der Waals surface area contributed by atoms with Crippen LogP contribution in [0.25, 0.3) is 21.8 Å². The first-order valence-electron chi connectivity index (χ1n) is 7.86. The molecule has 1 aliphatic heterocycles. The van der Waals surface area contributed by atoms with Crippen molar-refractivity contribution in [3.8, 4) is 0 Å². The average molecular weight is 350 g/mol. The molecule has 2 aromatic heterocycles. The summed E-state index contributed by atoms with van der Waals surface area (Å²) >= 11 is 0. The van der Waals surface area contributed by atoms with Gasteiger partial charge in [0, 0.05) is 49.2 Å². The summed E-state index contributed by atoms with van der Waals surface area (Å²) < 4.78 is 53.2. The fourth-order valence-corrected chi connectivity index (χ4v) is 3.15. The van der Waals surface area contributed by atoms with Crippen LogP contribution in [0.1, 0.15) is 5.56 Å². The van der Waals surface area contributed by atoms with Crippen molar-refractivity contribution in [3.63, 3.8) is 0 Å². The van der Waals surface area contributed by atoms with Crippen molar-refractivity contribution in [1.82, 2.24) is 15.3 Å². The van der Waals surface area contributed by atoms with Gasteiger partial charge in [-0.2, -0.15) is 13.2 Å². The first kappa shape index (κ1) is 16.0. The molecule has 0 radical (unpaired) electrons. The SMILES string of the molecule is Fc1cc2nc(N3CCNCC3)c3ncccc3c2cc1C(F)(F)F. The van der Waals surface area contributed by atoms with Crippen LogP contribution in [0.2, 0.25) is 0 Å². The number of pyridine rings is 2. The monoisotopic (exact) mass is 350 g/mol. The van der Waals surface area contributed by atoms with Crippen molar-refractivity contribution in [2.45, 2.75) is 6.18 Å². The Balaban J connectivity index is 2.02. The summed E-state index contributed by atoms with van der Waals surface area (Å²) in [5.41, 5.74) is -0.571. The van der Waals surface area contributed by atoms with E-state index in [4.69, 9.17) is 0 Å². The normalized spacial score (nSPS) is 15.9. The third-order valence-corrected chi connectivity index (χ3v) is 4.34. The van der Waals surface area contributed by atoms with Gasteiger partial charge in [0.05, 0.1) is 11.1 Å². The summed E-state index contributed by atoms with van der Waals surface area (Å²) in [5.74, 6) is -0.745. The maximum atomic E-state index is 14.0. The van der Waals surface area contributed by atoms with E-state index in [0.717, 1.165) is 25.2 Å². The molecule has 1 saturated heterocycles. The number of benzene rings is 1. The van der Waals surface area contributed by atoms with Crippen LogP contribution in [0.3, 0.4) is 0 Å². The van der Waals surface area contributed by atoms with Gasteiger partial charge in [0.25, 0.3) is 0 Å². The summed E-state index contributed by atoms with van der Waals surface area (Å²) in [6.45, 7) is 2.95. The van der Waals surface area contributed by atoms with E-state index in [0.29, 0.717) is 29.8 Å². The van der Waals surface area contributed by atoms with Gasteiger partial charge in [-0.15, -0.1) is 0 Å². The van der Waals surface area contributed by atoms with E-state index >= 15 is 0 Å². The minimum Gasteiger partial charge on any atom is -0.352 e. The number of alkyl halides is 3. The first-order valence-corrected chi connectivity index (χ1v) is 7.86. The van der Waals surface area contributed by atoms with Gasteiger partial charge in [-0.05, 0) is 12.1 Å². The molecule has 130 valence electrons. The third-order valence-electron chi connectivity index (χ3n) is 4.34. The van der Waals surface area contributed by atoms with Gasteiger partial charge in [-0.3, -0.25) is 4.98 Å². The molecule has 0 unspecified atom stereocenters. The molecule has 4 nitrogen and oxygen atoms in total. The van der Waals surface area contributed by atoms with E-state index in [9.17, 15) is 17.6 Å². The summed E-state index contributed by atoms with van der Waals surface area (Å²) in [6, 6.07) is 5.02. The lowest BCUT2D eigenvalue weighted by Crippen LogP contribution is -2.44. The topological polar surface area (TPSA) is 41.1 Å². The minimum absolute atomic E-state index is 0.194. The quantitative estimate of drug-likeness (QED) is 0.540. The number of aromatic nitrogens is 2. The fraction of sp³-hybridized carbons (Fsp3) is 0.294. The molecule has 1 aromatic carbocycles. The number of nitrogens with zero attached hydrogens (tertiary/aromatic N) is 3. The van der Waals surface area contributed by atoms with Crippen molar-refractivity contribution >= 4 is 27.6 Å². The maximum Gasteiger partial charge on any atom is 0.419 e. The zero-order valence-electron chi connectivity index (χ0n) is 13.1. The Bertz CT molecular complexity index is 949. The zero-order valence-corrected chi connectivity index (χ0v) is 13.1. The van der Waals surface area contributed by atoms with Crippen LogP contribution in [-0.2, 0) is 6.18 Å². The van der Waals surface area contributed by atoms with Gasteiger partial charge in [0.1, 0.15) is 11.3 Å². The molecule has 25 heavy (non-hydrogen) atoms. The Morgan fingerprint density at radius 3 is 2.56 bits per heavy atom. The second-order valence-corrected chi connectivity index (χ2v) is 5.92. The Labute approximate surface area is 140 Å². The second-order valence-electron chi connectivity index (χ2n) is 5.92. The highest BCUT2D eigenvalue weighted by Crippen LogP contribution is 2.37. The molecule has 1 aliphatic rings. The van der Waals surface area contributed by atoms with Crippen LogP contribution >= 0.6 is 0 Å². The number of rotatable bonds is 1. The molecule has 1 fully saturated rings. The number of fused-ring (bicyclic) bond motifs is 3. The molecule has 0 spiro atoms. The van der Waals surface area contributed by atoms with E-state index in [1.807, 2.05) is 4.90 Å². The molecular formula is C17H14F4N4. The highest BCUT2D eigenvalue weighted by molar-refractivity contribution is 6.08. The summed E-state index contributed by atoms with van der Waals surface area (Å²) in [4.78, 5) is 10.8. The molecule has 0 atom stereocenters. The molecule has 0 bridgehead atoms. The Hall–Kier alpha value is -2.48. The smallest absolute Gasteiger partial charge is 0.352 e. The largest absolute Gasteiger partial charge is 0.419 e. The van der Waals surface area contributed by atoms with Crippen molar-refractivity contribution < 1.29 is 17.6 Å². The summed E-state index contributed by atoms with van der Waals surface area (Å²) in [5, 5.41) is 4.01. The molecule has 0 aliphatic carbocycles. The van der Waals surface area contributed by atoms with Gasteiger partial charge >= 0.3 is 6.18 Å². The van der Waals surface area contributed by atoms with Gasteiger partial charge in [-0.1, -0.05) is 6.07 Å². The first-order chi connectivity index (χ1) is 11.9. The minimum atomic E-state index is -4.76. The van der Waals surface area contributed by atoms with Gasteiger partial charge in [0.15, 0.2) is 5.82 Å². The van der Waals surface area contributed by atoms with Crippen molar-refractivity contribution in [3.05, 3.63) is 41.8 Å². The van der Waals surface area contributed by atoms with E-state index in [1.165, 1.54) is 0 Å². The summed E-state index contributed by atoms with van der Waals surface area (Å²) in [7, 11) is 0. The molecule has 0 saturated carbocycles. The lowest BCUT2D eigenvalue weighted by Gasteiger charge is -2.29. The van der Waals surface area contributed by atoms with Crippen molar-refractivity contribution in [2.75, 3.05) is 31.1 Å². The fourth-order valence-electron chi connectivity index (χ4n) is 3.15. The Morgan fingerprint density at radius 2 is 1.84 bits per heavy atom. The van der Waals surface area contributed by atoms with Crippen molar-refractivity contribution in [2.24, 2.45) is 0 Å². The lowest BCUT2D eigenvalue weighted by molar-refractivity contribution is -0.139. The van der Waals surface area contributed by atoms with Gasteiger partial charge in [-0.25, -0.2) is 9.37 Å². The predicted octanol–water partition coefficient (Wildman–Crippen LogP) is 3.35. The Morgan fingerprint density at radius 1 is 1.08 bits per heavy atom. The van der Waals surface area contributed by atoms with Crippen LogP contribution in [0.4, 0.5) is 23.4 Å². The molecule has 3 heterocycles. The van der Waals surface area contributed by atoms with E-state index < -0.39 is 17.6 Å². The van der Waals surface area contributed by atoms with Crippen LogP contribution in [0.15, 0.2) is 30.5 Å². The molecule has 0 amide bonds. The highest BCUT2D eigenvalue weighted by Gasteiger charge is 2.35. The van der Waals surface area contributed by atoms with Crippen LogP contribution < -0.4 is 10.2 Å². The maximum absolute atomic E-state index is 14.0. The number of hydrogen-bond donors (Lipinski definition) is 1. The molecule has 8 heteroatoms. The van der Waals surface area contributed by atoms with Crippen LogP contribution in [0, 0.1) is 5.82 Å². The van der Waals surface area contributed by atoms with Gasteiger partial charge < -0.3 is 10.2 Å². The van der Waals surface area contributed by atoms with E-state index in [2.05, 4.69) is 15.3 Å². The average Bonchev–Trinajstić information content (AvgIpc) is 2.60. The predicted molar refractivity (Wildman–Crippen MR) is 87.1 cm³/mol. The van der Waals surface area contributed by atoms with Crippen LogP contribution in [-0.4, -0.2) is 36.1 Å². The highest BCUT2D eigenvalue weighted by atomic mass is 19.4. The number of halogens is 4. The molecule has 4 rings (SSSR count). The number of piperazine rings is 1. The zero-order chi connectivity index (χ0) is 17.6. The van der Waals surface area contributed by atoms with E-state index in [-0.39, 0.29) is 10.9 Å². The lowest BCUT2D eigenvalue weighted by atomic mass is 10.0. The standard InChI is InChI=1S/C17H14F4N4/c18-13-9-14-11(8-12(13)17(19,20)21)10-2-1-3-23-15(10)16(24-14)25-6-4-22-5-7-25/h1-3,8-9,22H,4-7H2. The molecule has 1 N–H and O–H groups in total. The molecular weight excluding hydrogens is 336 g/mol. The Kier molecular flexibility index (Phi) is 3.72. The van der Waals surface area contributed by atoms with Crippen LogP contribution in [0.5, 0.6) is 0 Å².